The number of likely N-dealkylation sites (tertiary alicyclic amines) is 1. The summed E-state index contributed by atoms with van der Waals surface area (Å²) < 4.78 is 28.0. The van der Waals surface area contributed by atoms with Crippen LogP contribution in [0, 0.1) is 0 Å². The first-order valence-electron chi connectivity index (χ1n) is 10.2. The van der Waals surface area contributed by atoms with E-state index in [0.29, 0.717) is 36.1 Å². The molecule has 0 radical (unpaired) electrons. The number of nitrogens with one attached hydrogen (secondary N) is 1. The highest BCUT2D eigenvalue weighted by Gasteiger charge is 2.28. The predicted molar refractivity (Wildman–Crippen MR) is 118 cm³/mol. The quantitative estimate of drug-likeness (QED) is 0.724. The second-order valence-corrected chi connectivity index (χ2v) is 11.2. The van der Waals surface area contributed by atoms with E-state index in [2.05, 4.69) is 38.5 Å². The Kier molecular flexibility index (Phi) is 6.81. The standard InChI is InChI=1S/C22H30N2O3S2/c1-15(2)17-7-8-19(20(14-17)16(3)4)22(25)24-11-9-18(10-12-24)23-29(26,27)21-6-5-13-28-21/h5-8,13-16,18,23H,9-12H2,1-4H3. The number of benzene rings is 1. The van der Waals surface area contributed by atoms with Crippen molar-refractivity contribution in [2.24, 2.45) is 0 Å². The van der Waals surface area contributed by atoms with Crippen LogP contribution < -0.4 is 4.72 Å². The molecule has 1 aliphatic rings. The van der Waals surface area contributed by atoms with E-state index in [9.17, 15) is 13.2 Å². The van der Waals surface area contributed by atoms with E-state index in [4.69, 9.17) is 0 Å². The molecule has 29 heavy (non-hydrogen) atoms. The molecule has 1 aromatic carbocycles. The zero-order valence-electron chi connectivity index (χ0n) is 17.5. The number of carbonyl (C=O) groups excluding carboxylic acids is 1. The van der Waals surface area contributed by atoms with Crippen LogP contribution in [0.2, 0.25) is 0 Å². The predicted octanol–water partition coefficient (Wildman–Crippen LogP) is 4.58. The minimum Gasteiger partial charge on any atom is -0.339 e. The van der Waals surface area contributed by atoms with E-state index < -0.39 is 10.0 Å². The molecule has 1 amide bonds. The van der Waals surface area contributed by atoms with Crippen LogP contribution in [0.1, 0.15) is 73.9 Å². The summed E-state index contributed by atoms with van der Waals surface area (Å²) in [6.45, 7) is 9.65. The summed E-state index contributed by atoms with van der Waals surface area (Å²) in [6.07, 6.45) is 1.24. The second kappa shape index (κ2) is 8.98. The molecular formula is C22H30N2O3S2. The molecule has 0 aliphatic carbocycles. The van der Waals surface area contributed by atoms with Crippen LogP contribution >= 0.6 is 11.3 Å². The zero-order chi connectivity index (χ0) is 21.2. The Labute approximate surface area is 178 Å². The molecular weight excluding hydrogens is 404 g/mol. The molecule has 1 fully saturated rings. The van der Waals surface area contributed by atoms with Crippen molar-refractivity contribution < 1.29 is 13.2 Å². The van der Waals surface area contributed by atoms with Crippen molar-refractivity contribution >= 4 is 27.3 Å². The number of piperidine rings is 1. The van der Waals surface area contributed by atoms with Gasteiger partial charge in [-0.05, 0) is 53.3 Å². The van der Waals surface area contributed by atoms with E-state index in [1.54, 1.807) is 17.5 Å². The van der Waals surface area contributed by atoms with Gasteiger partial charge >= 0.3 is 0 Å². The maximum Gasteiger partial charge on any atom is 0.254 e. The number of sulfonamides is 1. The summed E-state index contributed by atoms with van der Waals surface area (Å²) in [5, 5.41) is 1.76. The zero-order valence-corrected chi connectivity index (χ0v) is 19.1. The van der Waals surface area contributed by atoms with Gasteiger partial charge in [0.15, 0.2) is 0 Å². The third-order valence-corrected chi connectivity index (χ3v) is 8.38. The highest BCUT2D eigenvalue weighted by Crippen LogP contribution is 2.27. The summed E-state index contributed by atoms with van der Waals surface area (Å²) in [7, 11) is -3.47. The maximum absolute atomic E-state index is 13.2. The molecule has 0 saturated carbocycles. The number of rotatable bonds is 6. The number of carbonyl (C=O) groups is 1. The second-order valence-electron chi connectivity index (χ2n) is 8.28. The molecule has 1 aromatic heterocycles. The SMILES string of the molecule is CC(C)c1ccc(C(=O)N2CCC(NS(=O)(=O)c3cccs3)CC2)c(C(C)C)c1. The summed E-state index contributed by atoms with van der Waals surface area (Å²) in [4.78, 5) is 15.0. The van der Waals surface area contributed by atoms with Gasteiger partial charge < -0.3 is 4.90 Å². The lowest BCUT2D eigenvalue weighted by atomic mass is 9.90. The third kappa shape index (κ3) is 5.08. The molecule has 1 N–H and O–H groups in total. The smallest absolute Gasteiger partial charge is 0.254 e. The van der Waals surface area contributed by atoms with Crippen molar-refractivity contribution in [3.05, 3.63) is 52.4 Å². The largest absolute Gasteiger partial charge is 0.339 e. The van der Waals surface area contributed by atoms with Crippen molar-refractivity contribution in [2.75, 3.05) is 13.1 Å². The van der Waals surface area contributed by atoms with Crippen molar-refractivity contribution in [1.82, 2.24) is 9.62 Å². The monoisotopic (exact) mass is 434 g/mol. The molecule has 1 aliphatic heterocycles. The summed E-state index contributed by atoms with van der Waals surface area (Å²) >= 11 is 1.21. The number of hydrogen-bond donors (Lipinski definition) is 1. The Morgan fingerprint density at radius 3 is 2.34 bits per heavy atom. The topological polar surface area (TPSA) is 66.5 Å². The van der Waals surface area contributed by atoms with E-state index in [1.165, 1.54) is 16.9 Å². The Morgan fingerprint density at radius 1 is 1.10 bits per heavy atom. The Hall–Kier alpha value is -1.70. The fourth-order valence-electron chi connectivity index (χ4n) is 3.68. The van der Waals surface area contributed by atoms with Crippen LogP contribution in [0.4, 0.5) is 0 Å². The molecule has 5 nitrogen and oxygen atoms in total. The lowest BCUT2D eigenvalue weighted by Crippen LogP contribution is -2.46. The van der Waals surface area contributed by atoms with Crippen LogP contribution in [-0.2, 0) is 10.0 Å². The Bertz CT molecular complexity index is 942. The van der Waals surface area contributed by atoms with Gasteiger partial charge in [-0.25, -0.2) is 13.1 Å². The van der Waals surface area contributed by atoms with Crippen LogP contribution in [0.15, 0.2) is 39.9 Å². The highest BCUT2D eigenvalue weighted by atomic mass is 32.2. The van der Waals surface area contributed by atoms with Crippen LogP contribution in [0.25, 0.3) is 0 Å². The van der Waals surface area contributed by atoms with E-state index in [1.807, 2.05) is 17.0 Å². The van der Waals surface area contributed by atoms with Gasteiger partial charge in [0.05, 0.1) is 0 Å². The summed E-state index contributed by atoms with van der Waals surface area (Å²) in [6, 6.07) is 9.37. The molecule has 0 spiro atoms. The fraction of sp³-hybridized carbons (Fsp3) is 0.500. The van der Waals surface area contributed by atoms with Crippen molar-refractivity contribution in [1.29, 1.82) is 0 Å². The molecule has 2 aromatic rings. The van der Waals surface area contributed by atoms with Crippen molar-refractivity contribution in [3.8, 4) is 0 Å². The van der Waals surface area contributed by atoms with Gasteiger partial charge in [0.25, 0.3) is 5.91 Å². The van der Waals surface area contributed by atoms with Crippen molar-refractivity contribution in [3.63, 3.8) is 0 Å². The molecule has 158 valence electrons. The third-order valence-electron chi connectivity index (χ3n) is 5.46. The Morgan fingerprint density at radius 2 is 1.79 bits per heavy atom. The van der Waals surface area contributed by atoms with Crippen LogP contribution in [0.5, 0.6) is 0 Å². The summed E-state index contributed by atoms with van der Waals surface area (Å²) in [5.74, 6) is 0.732. The minimum atomic E-state index is -3.47. The average Bonchev–Trinajstić information content (AvgIpc) is 3.23. The molecule has 1 saturated heterocycles. The lowest BCUT2D eigenvalue weighted by Gasteiger charge is -2.33. The highest BCUT2D eigenvalue weighted by molar-refractivity contribution is 7.91. The molecule has 2 heterocycles. The van der Waals surface area contributed by atoms with Gasteiger partial charge in [0.1, 0.15) is 4.21 Å². The lowest BCUT2D eigenvalue weighted by molar-refractivity contribution is 0.0710. The summed E-state index contributed by atoms with van der Waals surface area (Å²) in [5.41, 5.74) is 3.09. The van der Waals surface area contributed by atoms with Gasteiger partial charge in [0.2, 0.25) is 10.0 Å². The first-order chi connectivity index (χ1) is 13.7. The minimum absolute atomic E-state index is 0.0450. The van der Waals surface area contributed by atoms with E-state index in [0.717, 1.165) is 11.1 Å². The maximum atomic E-state index is 13.2. The normalized spacial score (nSPS) is 16.0. The number of nitrogens with zero attached hydrogens (tertiary/aromatic N) is 1. The van der Waals surface area contributed by atoms with Gasteiger partial charge in [-0.3, -0.25) is 4.79 Å². The number of thiophene rings is 1. The fourth-order valence-corrected chi connectivity index (χ4v) is 5.99. The molecule has 3 rings (SSSR count). The number of hydrogen-bond acceptors (Lipinski definition) is 4. The number of amides is 1. The molecule has 7 heteroatoms. The molecule has 0 unspecified atom stereocenters. The van der Waals surface area contributed by atoms with Gasteiger partial charge in [-0.2, -0.15) is 0 Å². The first-order valence-corrected chi connectivity index (χ1v) is 12.5. The average molecular weight is 435 g/mol. The van der Waals surface area contributed by atoms with E-state index >= 15 is 0 Å². The van der Waals surface area contributed by atoms with Gasteiger partial charge in [-0.1, -0.05) is 45.9 Å². The first kappa shape index (κ1) is 22.0. The van der Waals surface area contributed by atoms with Gasteiger partial charge in [-0.15, -0.1) is 11.3 Å². The Balaban J connectivity index is 1.67. The van der Waals surface area contributed by atoms with Crippen LogP contribution in [0.3, 0.4) is 0 Å². The van der Waals surface area contributed by atoms with Crippen molar-refractivity contribution in [2.45, 2.75) is 62.6 Å². The molecule has 0 bridgehead atoms. The van der Waals surface area contributed by atoms with Gasteiger partial charge in [0, 0.05) is 24.7 Å². The molecule has 0 atom stereocenters. The van der Waals surface area contributed by atoms with E-state index in [-0.39, 0.29) is 17.9 Å². The van der Waals surface area contributed by atoms with Crippen LogP contribution in [-0.4, -0.2) is 38.4 Å².